The highest BCUT2D eigenvalue weighted by Crippen LogP contribution is 2.25. The van der Waals surface area contributed by atoms with Crippen LogP contribution in [-0.4, -0.2) is 0 Å². The van der Waals surface area contributed by atoms with Crippen LogP contribution in [0.25, 0.3) is 10.8 Å². The van der Waals surface area contributed by atoms with Gasteiger partial charge in [0.1, 0.15) is 18.2 Å². The Morgan fingerprint density at radius 1 is 0.952 bits per heavy atom. The molecule has 0 radical (unpaired) electrons. The summed E-state index contributed by atoms with van der Waals surface area (Å²) in [5.74, 6) is 0.348. The minimum atomic E-state index is -0.356. The average Bonchev–Trinajstić information content (AvgIpc) is 2.46. The predicted octanol–water partition coefficient (Wildman–Crippen LogP) is 5.97. The fraction of sp³-hybridized carbons (Fsp3) is 0.0588. The van der Waals surface area contributed by atoms with Gasteiger partial charge in [0.15, 0.2) is 0 Å². The van der Waals surface area contributed by atoms with Gasteiger partial charge in [-0.3, -0.25) is 0 Å². The number of halogens is 3. The van der Waals surface area contributed by atoms with Crippen LogP contribution in [0.2, 0.25) is 5.02 Å². The molecule has 21 heavy (non-hydrogen) atoms. The third-order valence-electron chi connectivity index (χ3n) is 3.18. The van der Waals surface area contributed by atoms with Gasteiger partial charge in [0.2, 0.25) is 0 Å². The van der Waals surface area contributed by atoms with Gasteiger partial charge in [-0.25, -0.2) is 4.39 Å². The molecule has 3 aromatic carbocycles. The molecule has 0 bridgehead atoms. The van der Waals surface area contributed by atoms with Gasteiger partial charge in [-0.15, -0.1) is 0 Å². The summed E-state index contributed by atoms with van der Waals surface area (Å²) in [7, 11) is 0. The molecule has 0 aliphatic carbocycles. The molecule has 4 heteroatoms. The van der Waals surface area contributed by atoms with E-state index < -0.39 is 0 Å². The molecule has 0 fully saturated rings. The third kappa shape index (κ3) is 3.36. The van der Waals surface area contributed by atoms with Crippen LogP contribution in [0.1, 0.15) is 5.56 Å². The number of hydrogen-bond acceptors (Lipinski definition) is 1. The summed E-state index contributed by atoms with van der Waals surface area (Å²) in [6.45, 7) is 0.169. The maximum atomic E-state index is 13.7. The maximum Gasteiger partial charge on any atom is 0.131 e. The summed E-state index contributed by atoms with van der Waals surface area (Å²) in [4.78, 5) is 0. The topological polar surface area (TPSA) is 9.23 Å². The van der Waals surface area contributed by atoms with Crippen molar-refractivity contribution in [3.63, 3.8) is 0 Å². The first-order chi connectivity index (χ1) is 10.1. The highest BCUT2D eigenvalue weighted by Gasteiger charge is 2.05. The molecule has 0 aliphatic rings. The first-order valence-corrected chi connectivity index (χ1v) is 7.55. The summed E-state index contributed by atoms with van der Waals surface area (Å²) in [6.07, 6.45) is 0. The van der Waals surface area contributed by atoms with Crippen molar-refractivity contribution in [2.45, 2.75) is 6.61 Å². The zero-order valence-corrected chi connectivity index (χ0v) is 13.3. The molecule has 0 saturated carbocycles. The van der Waals surface area contributed by atoms with Crippen LogP contribution in [0.5, 0.6) is 5.75 Å². The van der Waals surface area contributed by atoms with Crippen molar-refractivity contribution in [2.24, 2.45) is 0 Å². The lowest BCUT2D eigenvalue weighted by Crippen LogP contribution is -1.98. The molecule has 106 valence electrons. The molecule has 0 saturated heterocycles. The fourth-order valence-electron chi connectivity index (χ4n) is 2.09. The van der Waals surface area contributed by atoms with Gasteiger partial charge in [0.05, 0.1) is 0 Å². The van der Waals surface area contributed by atoms with Crippen molar-refractivity contribution < 1.29 is 9.13 Å². The predicted molar refractivity (Wildman–Crippen MR) is 87.4 cm³/mol. The van der Waals surface area contributed by atoms with E-state index in [0.717, 1.165) is 15.2 Å². The monoisotopic (exact) mass is 364 g/mol. The quantitative estimate of drug-likeness (QED) is 0.555. The zero-order chi connectivity index (χ0) is 14.8. The number of rotatable bonds is 3. The van der Waals surface area contributed by atoms with Gasteiger partial charge < -0.3 is 4.74 Å². The number of benzene rings is 3. The molecule has 0 heterocycles. The Bertz CT molecular complexity index is 804. The number of ether oxygens (including phenoxy) is 1. The molecular formula is C17H11BrClFO. The van der Waals surface area contributed by atoms with Crippen LogP contribution in [-0.2, 0) is 6.61 Å². The zero-order valence-electron chi connectivity index (χ0n) is 10.9. The van der Waals surface area contributed by atoms with Gasteiger partial charge in [0, 0.05) is 15.1 Å². The minimum absolute atomic E-state index is 0.169. The fourth-order valence-corrected chi connectivity index (χ4v) is 2.62. The van der Waals surface area contributed by atoms with Crippen LogP contribution < -0.4 is 4.74 Å². The van der Waals surface area contributed by atoms with Gasteiger partial charge in [0.25, 0.3) is 0 Å². The molecule has 0 spiro atoms. The molecule has 0 amide bonds. The molecular weight excluding hydrogens is 355 g/mol. The van der Waals surface area contributed by atoms with Gasteiger partial charge >= 0.3 is 0 Å². The van der Waals surface area contributed by atoms with E-state index >= 15 is 0 Å². The van der Waals surface area contributed by atoms with Gasteiger partial charge in [-0.05, 0) is 47.2 Å². The normalized spacial score (nSPS) is 10.8. The van der Waals surface area contributed by atoms with Crippen LogP contribution >= 0.6 is 27.5 Å². The van der Waals surface area contributed by atoms with Gasteiger partial charge in [-0.1, -0.05) is 45.7 Å². The second-order valence-corrected chi connectivity index (χ2v) is 6.03. The van der Waals surface area contributed by atoms with Crippen molar-refractivity contribution in [3.8, 4) is 5.75 Å². The minimum Gasteiger partial charge on any atom is -0.489 e. The number of hydrogen-bond donors (Lipinski definition) is 0. The molecule has 3 rings (SSSR count). The van der Waals surface area contributed by atoms with Crippen LogP contribution in [0.15, 0.2) is 59.1 Å². The summed E-state index contributed by atoms with van der Waals surface area (Å²) < 4.78 is 20.4. The molecule has 1 nitrogen and oxygen atoms in total. The lowest BCUT2D eigenvalue weighted by Gasteiger charge is -2.08. The van der Waals surface area contributed by atoms with Crippen molar-refractivity contribution in [3.05, 3.63) is 75.5 Å². The summed E-state index contributed by atoms with van der Waals surface area (Å²) >= 11 is 9.18. The summed E-state index contributed by atoms with van der Waals surface area (Å²) in [5, 5.41) is 2.58. The van der Waals surface area contributed by atoms with Crippen LogP contribution in [0.3, 0.4) is 0 Å². The molecule has 0 aromatic heterocycles. The number of fused-ring (bicyclic) bond motifs is 1. The van der Waals surface area contributed by atoms with Crippen LogP contribution in [0, 0.1) is 5.82 Å². The first kappa shape index (κ1) is 14.4. The lowest BCUT2D eigenvalue weighted by atomic mass is 10.1. The van der Waals surface area contributed by atoms with E-state index in [4.69, 9.17) is 16.3 Å². The van der Waals surface area contributed by atoms with E-state index in [2.05, 4.69) is 15.9 Å². The Balaban J connectivity index is 1.81. The lowest BCUT2D eigenvalue weighted by molar-refractivity contribution is 0.300. The molecule has 0 aliphatic heterocycles. The second-order valence-electron chi connectivity index (χ2n) is 4.68. The van der Waals surface area contributed by atoms with Crippen molar-refractivity contribution >= 4 is 38.3 Å². The average molecular weight is 366 g/mol. The Hall–Kier alpha value is -1.58. The third-order valence-corrected chi connectivity index (χ3v) is 3.91. The molecule has 0 N–H and O–H groups in total. The molecule has 3 aromatic rings. The van der Waals surface area contributed by atoms with E-state index in [0.29, 0.717) is 16.3 Å². The Morgan fingerprint density at radius 2 is 1.76 bits per heavy atom. The Labute approximate surface area is 135 Å². The maximum absolute atomic E-state index is 13.7. The van der Waals surface area contributed by atoms with E-state index in [-0.39, 0.29) is 12.4 Å². The largest absolute Gasteiger partial charge is 0.489 e. The standard InChI is InChI=1S/C17H11BrClFO/c18-14-4-1-11-3-6-16(8-13(11)7-14)21-10-12-2-5-15(19)9-17(12)20/h1-9H,10H2. The Kier molecular flexibility index (Phi) is 4.13. The SMILES string of the molecule is Fc1cc(Cl)ccc1COc1ccc2ccc(Br)cc2c1. The summed E-state index contributed by atoms with van der Waals surface area (Å²) in [5.41, 5.74) is 0.480. The summed E-state index contributed by atoms with van der Waals surface area (Å²) in [6, 6.07) is 16.4. The van der Waals surface area contributed by atoms with E-state index in [1.165, 1.54) is 6.07 Å². The van der Waals surface area contributed by atoms with E-state index in [1.54, 1.807) is 12.1 Å². The molecule has 0 atom stereocenters. The van der Waals surface area contributed by atoms with E-state index in [9.17, 15) is 4.39 Å². The van der Waals surface area contributed by atoms with Crippen molar-refractivity contribution in [1.29, 1.82) is 0 Å². The van der Waals surface area contributed by atoms with Crippen LogP contribution in [0.4, 0.5) is 4.39 Å². The second kappa shape index (κ2) is 6.04. The first-order valence-electron chi connectivity index (χ1n) is 6.38. The smallest absolute Gasteiger partial charge is 0.131 e. The molecule has 0 unspecified atom stereocenters. The highest BCUT2D eigenvalue weighted by molar-refractivity contribution is 9.10. The van der Waals surface area contributed by atoms with Gasteiger partial charge in [-0.2, -0.15) is 0 Å². The highest BCUT2D eigenvalue weighted by atomic mass is 79.9. The van der Waals surface area contributed by atoms with Crippen molar-refractivity contribution in [2.75, 3.05) is 0 Å². The van der Waals surface area contributed by atoms with E-state index in [1.807, 2.05) is 36.4 Å². The Morgan fingerprint density at radius 3 is 2.57 bits per heavy atom. The van der Waals surface area contributed by atoms with Crippen molar-refractivity contribution in [1.82, 2.24) is 0 Å².